The molecule has 0 aliphatic carbocycles. The van der Waals surface area contributed by atoms with Gasteiger partial charge in [0, 0.05) is 0 Å². The van der Waals surface area contributed by atoms with Gasteiger partial charge in [-0.2, -0.15) is 0 Å². The van der Waals surface area contributed by atoms with Crippen molar-refractivity contribution >= 4 is 20.3 Å². The van der Waals surface area contributed by atoms with Crippen LogP contribution >= 0.6 is 0 Å². The molecule has 0 atom stereocenters. The van der Waals surface area contributed by atoms with E-state index in [9.17, 15) is 9.59 Å². The molecule has 60 valence electrons. The number of carbonyl (C=O) groups excluding carboxylic acids is 2. The van der Waals surface area contributed by atoms with Gasteiger partial charge in [0.15, 0.2) is 9.52 Å². The van der Waals surface area contributed by atoms with Crippen LogP contribution in [0.2, 0.25) is 0 Å². The van der Waals surface area contributed by atoms with Crippen LogP contribution in [0.1, 0.15) is 13.8 Å². The molecule has 2 nitrogen and oxygen atoms in total. The maximum absolute atomic E-state index is 11.0. The summed E-state index contributed by atoms with van der Waals surface area (Å²) in [5, 5.41) is -0.143. The van der Waals surface area contributed by atoms with Gasteiger partial charge in [0.2, 0.25) is 0 Å². The summed E-state index contributed by atoms with van der Waals surface area (Å²) in [4.78, 5) is 21.9. The largest absolute Gasteiger partial charge is 0.301 e. The maximum atomic E-state index is 11.0. The molecule has 0 amide bonds. The lowest BCUT2D eigenvalue weighted by Crippen LogP contribution is -2.20. The molecule has 11 heavy (non-hydrogen) atoms. The van der Waals surface area contributed by atoms with Crippen molar-refractivity contribution in [1.29, 1.82) is 0 Å². The Hall–Kier alpha value is -0.963. The summed E-state index contributed by atoms with van der Waals surface area (Å²) in [6.07, 6.45) is 0. The molecule has 0 saturated carbocycles. The molecule has 0 aromatic carbocycles. The standard InChI is InChI=1S/C8H12O2Si/c1-5(2)7(9)11-8(10)6(3)4/h1,3,11H2,2,4H3. The Morgan fingerprint density at radius 1 is 1.00 bits per heavy atom. The Morgan fingerprint density at radius 2 is 1.27 bits per heavy atom. The van der Waals surface area contributed by atoms with E-state index in [1.165, 1.54) is 0 Å². The highest BCUT2D eigenvalue weighted by molar-refractivity contribution is 7.00. The SMILES string of the molecule is C=C(C)C(=O)[SiH2]C(=O)C(=C)C. The average molecular weight is 168 g/mol. The fourth-order valence-corrected chi connectivity index (χ4v) is 1.34. The highest BCUT2D eigenvalue weighted by atomic mass is 28.2. The molecular weight excluding hydrogens is 156 g/mol. The molecule has 3 heteroatoms. The summed E-state index contributed by atoms with van der Waals surface area (Å²) in [5.74, 6) is 0. The quantitative estimate of drug-likeness (QED) is 0.449. The van der Waals surface area contributed by atoms with Gasteiger partial charge in [-0.15, -0.1) is 0 Å². The Labute approximate surface area is 68.8 Å². The van der Waals surface area contributed by atoms with E-state index >= 15 is 0 Å². The van der Waals surface area contributed by atoms with Gasteiger partial charge in [-0.25, -0.2) is 0 Å². The second-order valence-corrected chi connectivity index (χ2v) is 4.22. The van der Waals surface area contributed by atoms with Crippen molar-refractivity contribution < 1.29 is 9.59 Å². The van der Waals surface area contributed by atoms with Crippen LogP contribution in [0.3, 0.4) is 0 Å². The van der Waals surface area contributed by atoms with Gasteiger partial charge in [-0.3, -0.25) is 0 Å². The first kappa shape index (κ1) is 10.0. The minimum Gasteiger partial charge on any atom is -0.301 e. The van der Waals surface area contributed by atoms with E-state index in [1.54, 1.807) is 13.8 Å². The van der Waals surface area contributed by atoms with Gasteiger partial charge in [-0.1, -0.05) is 13.2 Å². The molecule has 0 aromatic rings. The van der Waals surface area contributed by atoms with Crippen molar-refractivity contribution in [3.05, 3.63) is 24.3 Å². The van der Waals surface area contributed by atoms with Crippen LogP contribution in [0.5, 0.6) is 0 Å². The smallest absolute Gasteiger partial charge is 0.189 e. The molecule has 0 saturated heterocycles. The van der Waals surface area contributed by atoms with E-state index in [0.29, 0.717) is 11.1 Å². The number of hydrogen-bond acceptors (Lipinski definition) is 2. The van der Waals surface area contributed by atoms with E-state index in [1.807, 2.05) is 0 Å². The van der Waals surface area contributed by atoms with Gasteiger partial charge in [-0.05, 0) is 25.0 Å². The predicted octanol–water partition coefficient (Wildman–Crippen LogP) is 0.361. The van der Waals surface area contributed by atoms with Crippen molar-refractivity contribution in [3.63, 3.8) is 0 Å². The van der Waals surface area contributed by atoms with E-state index in [4.69, 9.17) is 0 Å². The summed E-state index contributed by atoms with van der Waals surface area (Å²) < 4.78 is 0. The Kier molecular flexibility index (Phi) is 3.68. The number of carbonyl (C=O) groups is 2. The highest BCUT2D eigenvalue weighted by Gasteiger charge is 2.10. The molecular formula is C8H12O2Si. The van der Waals surface area contributed by atoms with Crippen molar-refractivity contribution in [2.24, 2.45) is 0 Å². The van der Waals surface area contributed by atoms with E-state index in [-0.39, 0.29) is 10.8 Å². The molecule has 0 fully saturated rings. The first-order chi connectivity index (χ1) is 4.95. The second-order valence-electron chi connectivity index (χ2n) is 2.58. The number of hydrogen-bond donors (Lipinski definition) is 0. The monoisotopic (exact) mass is 168 g/mol. The minimum atomic E-state index is -1.31. The zero-order valence-electron chi connectivity index (χ0n) is 6.94. The van der Waals surface area contributed by atoms with Crippen LogP contribution in [0, 0.1) is 0 Å². The van der Waals surface area contributed by atoms with E-state index in [2.05, 4.69) is 13.2 Å². The third-order valence-electron chi connectivity index (χ3n) is 1.27. The normalized spacial score (nSPS) is 8.91. The summed E-state index contributed by atoms with van der Waals surface area (Å²) >= 11 is 0. The first-order valence-electron chi connectivity index (χ1n) is 3.32. The lowest BCUT2D eigenvalue weighted by molar-refractivity contribution is -0.111. The van der Waals surface area contributed by atoms with Gasteiger partial charge < -0.3 is 9.59 Å². The van der Waals surface area contributed by atoms with Gasteiger partial charge in [0.05, 0.1) is 0 Å². The van der Waals surface area contributed by atoms with Crippen LogP contribution in [-0.4, -0.2) is 20.3 Å². The second kappa shape index (κ2) is 4.03. The Balaban J connectivity index is 4.07. The van der Waals surface area contributed by atoms with Crippen LogP contribution < -0.4 is 0 Å². The topological polar surface area (TPSA) is 34.1 Å². The molecule has 0 radical (unpaired) electrons. The summed E-state index contributed by atoms with van der Waals surface area (Å²) in [5.41, 5.74) is 0.956. The fraction of sp³-hybridized carbons (Fsp3) is 0.250. The molecule has 0 heterocycles. The molecule has 0 aromatic heterocycles. The zero-order chi connectivity index (χ0) is 9.02. The molecule has 0 spiro atoms. The van der Waals surface area contributed by atoms with Gasteiger partial charge in [0.1, 0.15) is 10.8 Å². The summed E-state index contributed by atoms with van der Waals surface area (Å²) in [6, 6.07) is 0. The maximum Gasteiger partial charge on any atom is 0.189 e. The number of rotatable bonds is 4. The molecule has 0 aliphatic rings. The third kappa shape index (κ3) is 3.67. The van der Waals surface area contributed by atoms with Crippen LogP contribution in [0.25, 0.3) is 0 Å². The Morgan fingerprint density at radius 3 is 1.45 bits per heavy atom. The number of allylic oxidation sites excluding steroid dienone is 2. The molecule has 0 rings (SSSR count). The lowest BCUT2D eigenvalue weighted by Gasteiger charge is -1.96. The lowest BCUT2D eigenvalue weighted by atomic mass is 10.4. The minimum absolute atomic E-state index is 0.0713. The summed E-state index contributed by atoms with van der Waals surface area (Å²) in [7, 11) is -1.31. The van der Waals surface area contributed by atoms with Crippen molar-refractivity contribution in [3.8, 4) is 0 Å². The average Bonchev–Trinajstić information content (AvgIpc) is 1.87. The van der Waals surface area contributed by atoms with E-state index in [0.717, 1.165) is 0 Å². The molecule has 0 N–H and O–H groups in total. The third-order valence-corrected chi connectivity index (χ3v) is 3.12. The molecule has 0 bridgehead atoms. The predicted molar refractivity (Wildman–Crippen MR) is 48.2 cm³/mol. The Bertz CT molecular complexity index is 204. The highest BCUT2D eigenvalue weighted by Crippen LogP contribution is 1.93. The van der Waals surface area contributed by atoms with Crippen LogP contribution in [0.4, 0.5) is 0 Å². The van der Waals surface area contributed by atoms with Crippen molar-refractivity contribution in [1.82, 2.24) is 0 Å². The zero-order valence-corrected chi connectivity index (χ0v) is 8.35. The van der Waals surface area contributed by atoms with Crippen molar-refractivity contribution in [2.75, 3.05) is 0 Å². The first-order valence-corrected chi connectivity index (χ1v) is 4.74. The van der Waals surface area contributed by atoms with Crippen LogP contribution in [0.15, 0.2) is 24.3 Å². The fourth-order valence-electron chi connectivity index (χ4n) is 0.448. The molecule has 0 unspecified atom stereocenters. The van der Waals surface area contributed by atoms with Crippen molar-refractivity contribution in [2.45, 2.75) is 13.8 Å². The summed E-state index contributed by atoms with van der Waals surface area (Å²) in [6.45, 7) is 10.2. The van der Waals surface area contributed by atoms with Gasteiger partial charge >= 0.3 is 0 Å². The molecule has 0 aliphatic heterocycles. The van der Waals surface area contributed by atoms with Gasteiger partial charge in [0.25, 0.3) is 0 Å². The van der Waals surface area contributed by atoms with E-state index < -0.39 is 9.52 Å². The van der Waals surface area contributed by atoms with Crippen LogP contribution in [-0.2, 0) is 9.59 Å².